The number of ether oxygens (including phenoxy) is 3. The van der Waals surface area contributed by atoms with Crippen LogP contribution in [0, 0.1) is 16.7 Å². The van der Waals surface area contributed by atoms with E-state index in [-0.39, 0.29) is 33.7 Å². The van der Waals surface area contributed by atoms with Gasteiger partial charge in [0.05, 0.1) is 32.3 Å². The second kappa shape index (κ2) is 20.8. The maximum Gasteiger partial charge on any atom is 0.353 e. The molecule has 0 aromatic heterocycles. The first-order valence-corrected chi connectivity index (χ1v) is 24.9. The number of likely N-dealkylation sites (tertiary alicyclic amines) is 2. The van der Waals surface area contributed by atoms with E-state index >= 15 is 0 Å². The molecular formula is C53H73N3O10S. The van der Waals surface area contributed by atoms with Crippen molar-refractivity contribution in [3.8, 4) is 11.5 Å². The molecule has 0 spiro atoms. The van der Waals surface area contributed by atoms with Crippen LogP contribution in [0.1, 0.15) is 136 Å². The zero-order chi connectivity index (χ0) is 49.2. The highest BCUT2D eigenvalue weighted by Gasteiger charge is 2.57. The number of carbonyl (C=O) groups excluding carboxylic acids is 4. The molecule has 2 aromatic carbocycles. The molecule has 2 amide bonds. The van der Waals surface area contributed by atoms with Crippen molar-refractivity contribution >= 4 is 41.3 Å². The Labute approximate surface area is 401 Å². The summed E-state index contributed by atoms with van der Waals surface area (Å²) >= 11 is 1.55. The van der Waals surface area contributed by atoms with Crippen molar-refractivity contribution in [3.63, 3.8) is 0 Å². The Morgan fingerprint density at radius 3 is 2.30 bits per heavy atom. The largest absolute Gasteiger partial charge is 0.493 e. The number of aliphatic hydroxyl groups excluding tert-OH is 1. The highest BCUT2D eigenvalue weighted by atomic mass is 32.2. The summed E-state index contributed by atoms with van der Waals surface area (Å²) in [6.07, 6.45) is 4.91. The van der Waals surface area contributed by atoms with Crippen LogP contribution >= 0.6 is 11.8 Å². The van der Waals surface area contributed by atoms with Gasteiger partial charge in [-0.2, -0.15) is 0 Å². The molecule has 2 aromatic rings. The fourth-order valence-electron chi connectivity index (χ4n) is 9.96. The molecule has 0 bridgehead atoms. The number of β-lactam (4-membered cyclic amide) rings is 1. The molecular weight excluding hydrogens is 871 g/mol. The van der Waals surface area contributed by atoms with Gasteiger partial charge < -0.3 is 39.1 Å². The van der Waals surface area contributed by atoms with Gasteiger partial charge in [-0.25, -0.2) is 9.59 Å². The number of allylic oxidation sites excluding steroid dienone is 1. The minimum absolute atomic E-state index is 0.0650. The van der Waals surface area contributed by atoms with E-state index in [0.29, 0.717) is 61.5 Å². The summed E-state index contributed by atoms with van der Waals surface area (Å²) in [6, 6.07) is 12.9. The minimum Gasteiger partial charge on any atom is -0.493 e. The van der Waals surface area contributed by atoms with Crippen molar-refractivity contribution in [3.05, 3.63) is 82.0 Å². The number of piperidine rings is 1. The first-order chi connectivity index (χ1) is 31.5. The van der Waals surface area contributed by atoms with Crippen LogP contribution in [0.5, 0.6) is 11.5 Å². The van der Waals surface area contributed by atoms with E-state index in [9.17, 15) is 34.2 Å². The molecule has 0 radical (unpaired) electrons. The Balaban J connectivity index is 1.15. The number of thioether (sulfide) groups is 1. The lowest BCUT2D eigenvalue weighted by Crippen LogP contribution is -2.61. The number of hydrogen-bond acceptors (Lipinski definition) is 11. The molecule has 13 nitrogen and oxygen atoms in total. The van der Waals surface area contributed by atoms with Gasteiger partial charge >= 0.3 is 11.9 Å². The van der Waals surface area contributed by atoms with Crippen molar-refractivity contribution in [1.82, 2.24) is 14.7 Å². The quantitative estimate of drug-likeness (QED) is 0.0697. The number of rotatable bonds is 21. The van der Waals surface area contributed by atoms with Crippen LogP contribution in [0.25, 0.3) is 0 Å². The number of carbonyl (C=O) groups is 5. The number of esters is 1. The molecule has 3 fully saturated rings. The van der Waals surface area contributed by atoms with E-state index in [1.807, 2.05) is 37.3 Å². The fraction of sp³-hybridized carbons (Fsp3) is 0.604. The number of fused-ring (bicyclic) bond motifs is 1. The molecule has 67 heavy (non-hydrogen) atoms. The molecule has 6 rings (SSSR count). The number of ketones is 1. The third-order valence-corrected chi connectivity index (χ3v) is 16.4. The van der Waals surface area contributed by atoms with Crippen LogP contribution in [-0.2, 0) is 40.5 Å². The number of nitrogens with zero attached hydrogens (tertiary/aromatic N) is 3. The third-order valence-electron chi connectivity index (χ3n) is 15.1. The Bertz CT molecular complexity index is 2250. The van der Waals surface area contributed by atoms with Crippen molar-refractivity contribution in [2.75, 3.05) is 33.9 Å². The number of amides is 2. The average molecular weight is 944 g/mol. The number of aryl methyl sites for hydroxylation is 1. The van der Waals surface area contributed by atoms with E-state index in [0.717, 1.165) is 61.2 Å². The lowest BCUT2D eigenvalue weighted by molar-refractivity contribution is -0.164. The van der Waals surface area contributed by atoms with E-state index in [2.05, 4.69) is 51.3 Å². The number of Topliss-reactive ketones (excluding diaryl/α,β-unsaturated/α-hetero) is 1. The first kappa shape index (κ1) is 51.6. The summed E-state index contributed by atoms with van der Waals surface area (Å²) in [6.45, 7) is 22.3. The fourth-order valence-corrected chi connectivity index (χ4v) is 11.4. The highest BCUT2D eigenvalue weighted by molar-refractivity contribution is 8.03. The summed E-state index contributed by atoms with van der Waals surface area (Å²) in [5, 5.41) is 20.4. The summed E-state index contributed by atoms with van der Waals surface area (Å²) in [5.41, 5.74) is 2.64. The van der Waals surface area contributed by atoms with Gasteiger partial charge in [-0.05, 0) is 98.9 Å². The Morgan fingerprint density at radius 2 is 1.64 bits per heavy atom. The SMILES string of the molecule is C=C(N1CC[C@H](SC2=C(C(=O)O)N3C(=O)[C@H]([C@@H](C)O)[C@H]3C2)C1)C(C)(C)CCC(C)(C)c1cccc([C@@H](CCc2ccc(OC)c(OC)c2)OC(=O)[C@@H]2CCCCN2C(=O)C(=O)C(C)(C)CC)c1. The van der Waals surface area contributed by atoms with Crippen LogP contribution in [0.15, 0.2) is 65.3 Å². The second-order valence-corrected chi connectivity index (χ2v) is 22.3. The molecule has 4 heterocycles. The van der Waals surface area contributed by atoms with Gasteiger partial charge in [-0.1, -0.05) is 85.4 Å². The maximum absolute atomic E-state index is 14.3. The van der Waals surface area contributed by atoms with Crippen LogP contribution in [0.3, 0.4) is 0 Å². The van der Waals surface area contributed by atoms with Gasteiger partial charge in [0.15, 0.2) is 11.5 Å². The summed E-state index contributed by atoms with van der Waals surface area (Å²) in [7, 11) is 3.19. The molecule has 2 N–H and O–H groups in total. The molecule has 4 aliphatic rings. The summed E-state index contributed by atoms with van der Waals surface area (Å²) in [5.74, 6) is -2.39. The van der Waals surface area contributed by atoms with Gasteiger partial charge in [0.1, 0.15) is 17.8 Å². The molecule has 0 unspecified atom stereocenters. The zero-order valence-corrected chi connectivity index (χ0v) is 42.1. The van der Waals surface area contributed by atoms with Crippen molar-refractivity contribution < 1.29 is 48.4 Å². The van der Waals surface area contributed by atoms with Crippen LogP contribution < -0.4 is 9.47 Å². The molecule has 4 aliphatic heterocycles. The number of hydrogen-bond donors (Lipinski definition) is 2. The number of aliphatic hydroxyl groups is 1. The number of carboxylic acid groups (broad SMARTS) is 1. The molecule has 0 saturated carbocycles. The van der Waals surface area contributed by atoms with E-state index in [1.54, 1.807) is 46.8 Å². The zero-order valence-electron chi connectivity index (χ0n) is 41.3. The van der Waals surface area contributed by atoms with Gasteiger partial charge in [0.2, 0.25) is 11.7 Å². The first-order valence-electron chi connectivity index (χ1n) is 24.0. The van der Waals surface area contributed by atoms with Gasteiger partial charge in [-0.3, -0.25) is 14.4 Å². The molecule has 6 atom stereocenters. The maximum atomic E-state index is 14.3. The molecule has 3 saturated heterocycles. The average Bonchev–Trinajstić information content (AvgIpc) is 3.91. The number of carboxylic acids is 1. The highest BCUT2D eigenvalue weighted by Crippen LogP contribution is 2.49. The molecule has 0 aliphatic carbocycles. The second-order valence-electron chi connectivity index (χ2n) is 20.9. The van der Waals surface area contributed by atoms with Crippen molar-refractivity contribution in [2.24, 2.45) is 16.7 Å². The van der Waals surface area contributed by atoms with E-state index in [1.165, 1.54) is 9.80 Å². The Hall–Kier alpha value is -4.82. The van der Waals surface area contributed by atoms with Crippen molar-refractivity contribution in [2.45, 2.75) is 155 Å². The topological polar surface area (TPSA) is 163 Å². The third kappa shape index (κ3) is 11.1. The molecule has 366 valence electrons. The van der Waals surface area contributed by atoms with E-state index in [4.69, 9.17) is 14.2 Å². The minimum atomic E-state index is -1.10. The van der Waals surface area contributed by atoms with E-state index < -0.39 is 53.2 Å². The number of aliphatic carboxylic acids is 1. The number of methoxy groups -OCH3 is 2. The smallest absolute Gasteiger partial charge is 0.353 e. The number of benzene rings is 2. The lowest BCUT2D eigenvalue weighted by Gasteiger charge is -2.44. The van der Waals surface area contributed by atoms with Crippen LogP contribution in [0.4, 0.5) is 0 Å². The van der Waals surface area contributed by atoms with Gasteiger partial charge in [0, 0.05) is 52.7 Å². The van der Waals surface area contributed by atoms with Crippen LogP contribution in [-0.4, -0.2) is 112 Å². The summed E-state index contributed by atoms with van der Waals surface area (Å²) < 4.78 is 17.5. The monoisotopic (exact) mass is 944 g/mol. The predicted molar refractivity (Wildman–Crippen MR) is 259 cm³/mol. The Kier molecular flexibility index (Phi) is 16.0. The molecule has 14 heteroatoms. The Morgan fingerprint density at radius 1 is 0.925 bits per heavy atom. The normalized spacial score (nSPS) is 22.0. The van der Waals surface area contributed by atoms with Crippen molar-refractivity contribution in [1.29, 1.82) is 0 Å². The lowest BCUT2D eigenvalue weighted by atomic mass is 9.73. The van der Waals surface area contributed by atoms with Gasteiger partial charge in [-0.15, -0.1) is 11.8 Å². The summed E-state index contributed by atoms with van der Waals surface area (Å²) in [4.78, 5) is 72.3. The van der Waals surface area contributed by atoms with Gasteiger partial charge in [0.25, 0.3) is 5.91 Å². The van der Waals surface area contributed by atoms with Crippen LogP contribution in [0.2, 0.25) is 0 Å². The standard InChI is InChI=1S/C53H73N3O10S/c1-12-51(4,5)46(58)48(60)55-26-14-13-18-38(55)50(63)66-40(21-19-34-20-22-41(64-10)42(28-34)65-11)35-16-15-17-36(29-35)53(8,9)25-24-52(6,7)33(3)54-27-23-37(31-54)67-43-30-39-44(32(2)57)47(59)56(39)45(43)49(61)62/h15-17,20,22,28-29,32,37-40,44,57H,3,12-14,18-19,21,23-27,30-31H2,1-2,4-11H3,(H,61,62)/t32-,37+,38+,39-,40-,44-/m1/s1. The predicted octanol–water partition coefficient (Wildman–Crippen LogP) is 8.62.